The summed E-state index contributed by atoms with van der Waals surface area (Å²) in [4.78, 5) is 26.7. The van der Waals surface area contributed by atoms with Crippen molar-refractivity contribution < 1.29 is 27.5 Å². The summed E-state index contributed by atoms with van der Waals surface area (Å²) in [5.41, 5.74) is 0.897. The van der Waals surface area contributed by atoms with Crippen LogP contribution >= 0.6 is 0 Å². The minimum atomic E-state index is -3.92. The second kappa shape index (κ2) is 10.7. The molecule has 1 aliphatic heterocycles. The van der Waals surface area contributed by atoms with Crippen molar-refractivity contribution in [1.29, 1.82) is 0 Å². The van der Waals surface area contributed by atoms with Crippen LogP contribution in [0.15, 0.2) is 47.4 Å². The highest BCUT2D eigenvalue weighted by Crippen LogP contribution is 2.32. The smallest absolute Gasteiger partial charge is 0.253 e. The molecule has 0 radical (unpaired) electrons. The van der Waals surface area contributed by atoms with Crippen LogP contribution in [0.2, 0.25) is 0 Å². The van der Waals surface area contributed by atoms with Crippen molar-refractivity contribution in [2.24, 2.45) is 0 Å². The van der Waals surface area contributed by atoms with Gasteiger partial charge in [-0.05, 0) is 50.2 Å². The SMILES string of the molecule is CCN(CC)C(=O)c1ccc(S(=O)(=O)N(CC)CC(=O)Nc2ccc3c(c2)OCCO3)cc1. The topological polar surface area (TPSA) is 105 Å². The third-order valence-electron chi connectivity index (χ3n) is 5.29. The number of amides is 2. The molecule has 0 fully saturated rings. The van der Waals surface area contributed by atoms with E-state index in [2.05, 4.69) is 5.32 Å². The molecule has 0 aromatic heterocycles. The van der Waals surface area contributed by atoms with Crippen LogP contribution in [0.3, 0.4) is 0 Å². The number of carbonyl (C=O) groups is 2. The summed E-state index contributed by atoms with van der Waals surface area (Å²) in [7, 11) is -3.92. The van der Waals surface area contributed by atoms with E-state index in [1.165, 1.54) is 24.3 Å². The van der Waals surface area contributed by atoms with Crippen LogP contribution in [-0.2, 0) is 14.8 Å². The Hall–Kier alpha value is -3.11. The van der Waals surface area contributed by atoms with Gasteiger partial charge in [-0.2, -0.15) is 4.31 Å². The van der Waals surface area contributed by atoms with Gasteiger partial charge in [-0.3, -0.25) is 9.59 Å². The van der Waals surface area contributed by atoms with Crippen LogP contribution in [-0.4, -0.2) is 68.8 Å². The molecule has 33 heavy (non-hydrogen) atoms. The summed E-state index contributed by atoms with van der Waals surface area (Å²) in [5, 5.41) is 2.70. The second-order valence-corrected chi connectivity index (χ2v) is 9.28. The lowest BCUT2D eigenvalue weighted by Gasteiger charge is -2.22. The average Bonchev–Trinajstić information content (AvgIpc) is 2.83. The van der Waals surface area contributed by atoms with E-state index in [0.717, 1.165) is 4.31 Å². The second-order valence-electron chi connectivity index (χ2n) is 7.34. The van der Waals surface area contributed by atoms with Gasteiger partial charge in [0.05, 0.1) is 11.4 Å². The highest BCUT2D eigenvalue weighted by Gasteiger charge is 2.26. The van der Waals surface area contributed by atoms with E-state index in [-0.39, 0.29) is 23.9 Å². The van der Waals surface area contributed by atoms with Gasteiger partial charge >= 0.3 is 0 Å². The van der Waals surface area contributed by atoms with Crippen LogP contribution in [0.4, 0.5) is 5.69 Å². The molecule has 178 valence electrons. The van der Waals surface area contributed by atoms with Gasteiger partial charge in [0.25, 0.3) is 5.91 Å². The number of rotatable bonds is 9. The van der Waals surface area contributed by atoms with Gasteiger partial charge in [-0.25, -0.2) is 8.42 Å². The molecular weight excluding hydrogens is 446 g/mol. The molecule has 0 spiro atoms. The third kappa shape index (κ3) is 5.63. The molecule has 3 rings (SSSR count). The summed E-state index contributed by atoms with van der Waals surface area (Å²) in [6.07, 6.45) is 0. The normalized spacial score (nSPS) is 13.0. The first-order valence-corrected chi connectivity index (χ1v) is 12.3. The molecule has 1 heterocycles. The standard InChI is InChI=1S/C23H29N3O6S/c1-4-25(5-2)23(28)17-7-10-19(11-8-17)33(29,30)26(6-3)16-22(27)24-18-9-12-20-21(15-18)32-14-13-31-20/h7-12,15H,4-6,13-14,16H2,1-3H3,(H,24,27). The van der Waals surface area contributed by atoms with Crippen molar-refractivity contribution in [2.45, 2.75) is 25.7 Å². The molecule has 0 aliphatic carbocycles. The Balaban J connectivity index is 1.70. The molecule has 0 unspecified atom stereocenters. The van der Waals surface area contributed by atoms with Crippen molar-refractivity contribution in [3.63, 3.8) is 0 Å². The van der Waals surface area contributed by atoms with Gasteiger partial charge in [0.1, 0.15) is 13.2 Å². The number of likely N-dealkylation sites (N-methyl/N-ethyl adjacent to an activating group) is 1. The van der Waals surface area contributed by atoms with E-state index in [4.69, 9.17) is 9.47 Å². The highest BCUT2D eigenvalue weighted by atomic mass is 32.2. The molecule has 2 aromatic rings. The van der Waals surface area contributed by atoms with Crippen molar-refractivity contribution in [3.8, 4) is 11.5 Å². The van der Waals surface area contributed by atoms with E-state index in [0.29, 0.717) is 49.1 Å². The van der Waals surface area contributed by atoms with Crippen LogP contribution in [0.5, 0.6) is 11.5 Å². The van der Waals surface area contributed by atoms with Crippen molar-refractivity contribution in [1.82, 2.24) is 9.21 Å². The van der Waals surface area contributed by atoms with E-state index in [9.17, 15) is 18.0 Å². The molecule has 2 aromatic carbocycles. The largest absolute Gasteiger partial charge is 0.486 e. The highest BCUT2D eigenvalue weighted by molar-refractivity contribution is 7.89. The van der Waals surface area contributed by atoms with E-state index >= 15 is 0 Å². The Morgan fingerprint density at radius 3 is 2.15 bits per heavy atom. The summed E-state index contributed by atoms with van der Waals surface area (Å²) in [6.45, 7) is 7.20. The predicted octanol–water partition coefficient (Wildman–Crippen LogP) is 2.59. The maximum atomic E-state index is 13.1. The Morgan fingerprint density at radius 2 is 1.55 bits per heavy atom. The Labute approximate surface area is 194 Å². The number of benzene rings is 2. The van der Waals surface area contributed by atoms with Crippen molar-refractivity contribution in [3.05, 3.63) is 48.0 Å². The number of anilines is 1. The summed E-state index contributed by atoms with van der Waals surface area (Å²) < 4.78 is 38.2. The number of nitrogens with zero attached hydrogens (tertiary/aromatic N) is 2. The first-order valence-electron chi connectivity index (χ1n) is 10.9. The lowest BCUT2D eigenvalue weighted by Crippen LogP contribution is -2.38. The minimum absolute atomic E-state index is 0.0209. The Bertz CT molecular complexity index is 1100. The van der Waals surface area contributed by atoms with Gasteiger partial charge in [0.2, 0.25) is 15.9 Å². The van der Waals surface area contributed by atoms with E-state index in [1.54, 1.807) is 30.0 Å². The number of nitrogens with one attached hydrogen (secondary N) is 1. The van der Waals surface area contributed by atoms with E-state index < -0.39 is 15.9 Å². The number of carbonyl (C=O) groups excluding carboxylic acids is 2. The zero-order valence-corrected chi connectivity index (χ0v) is 19.9. The fourth-order valence-electron chi connectivity index (χ4n) is 3.46. The predicted molar refractivity (Wildman–Crippen MR) is 124 cm³/mol. The van der Waals surface area contributed by atoms with Gasteiger partial charge in [0.15, 0.2) is 11.5 Å². The molecule has 1 aliphatic rings. The molecule has 10 heteroatoms. The summed E-state index contributed by atoms with van der Waals surface area (Å²) in [6, 6.07) is 10.8. The molecule has 1 N–H and O–H groups in total. The average molecular weight is 476 g/mol. The number of hydrogen-bond donors (Lipinski definition) is 1. The first-order chi connectivity index (χ1) is 15.8. The fourth-order valence-corrected chi connectivity index (χ4v) is 4.87. The lowest BCUT2D eigenvalue weighted by molar-refractivity contribution is -0.116. The van der Waals surface area contributed by atoms with Gasteiger partial charge in [-0.15, -0.1) is 0 Å². The molecule has 9 nitrogen and oxygen atoms in total. The molecule has 0 saturated carbocycles. The lowest BCUT2D eigenvalue weighted by atomic mass is 10.2. The fraction of sp³-hybridized carbons (Fsp3) is 0.391. The zero-order chi connectivity index (χ0) is 24.0. The zero-order valence-electron chi connectivity index (χ0n) is 19.0. The van der Waals surface area contributed by atoms with Crippen molar-refractivity contribution in [2.75, 3.05) is 44.7 Å². The third-order valence-corrected chi connectivity index (χ3v) is 7.22. The molecule has 2 amide bonds. The monoisotopic (exact) mass is 475 g/mol. The molecule has 0 bridgehead atoms. The van der Waals surface area contributed by atoms with Crippen LogP contribution in [0.25, 0.3) is 0 Å². The summed E-state index contributed by atoms with van der Waals surface area (Å²) >= 11 is 0. The molecule has 0 atom stereocenters. The van der Waals surface area contributed by atoms with Crippen molar-refractivity contribution >= 4 is 27.5 Å². The molecular formula is C23H29N3O6S. The quantitative estimate of drug-likeness (QED) is 0.598. The van der Waals surface area contributed by atoms with Crippen LogP contribution in [0, 0.1) is 0 Å². The van der Waals surface area contributed by atoms with Crippen LogP contribution in [0.1, 0.15) is 31.1 Å². The van der Waals surface area contributed by atoms with Gasteiger partial charge in [-0.1, -0.05) is 6.92 Å². The van der Waals surface area contributed by atoms with Gasteiger partial charge < -0.3 is 19.7 Å². The number of fused-ring (bicyclic) bond motifs is 1. The maximum Gasteiger partial charge on any atom is 0.253 e. The first kappa shape index (κ1) is 24.5. The number of ether oxygens (including phenoxy) is 2. The maximum absolute atomic E-state index is 13.1. The van der Waals surface area contributed by atoms with E-state index in [1.807, 2.05) is 13.8 Å². The number of sulfonamides is 1. The van der Waals surface area contributed by atoms with Gasteiger partial charge in [0, 0.05) is 37.0 Å². The number of hydrogen-bond acceptors (Lipinski definition) is 6. The summed E-state index contributed by atoms with van der Waals surface area (Å²) in [5.74, 6) is 0.485. The minimum Gasteiger partial charge on any atom is -0.486 e. The van der Waals surface area contributed by atoms with Crippen LogP contribution < -0.4 is 14.8 Å². The molecule has 0 saturated heterocycles. The Kier molecular flexibility index (Phi) is 7.93. The Morgan fingerprint density at radius 1 is 0.909 bits per heavy atom.